The van der Waals surface area contributed by atoms with Crippen molar-refractivity contribution in [2.75, 3.05) is 6.54 Å². The van der Waals surface area contributed by atoms with Gasteiger partial charge < -0.3 is 10.6 Å². The summed E-state index contributed by atoms with van der Waals surface area (Å²) in [5, 5.41) is 6.46. The maximum absolute atomic E-state index is 11.7. The first-order chi connectivity index (χ1) is 8.22. The van der Waals surface area contributed by atoms with Gasteiger partial charge in [-0.3, -0.25) is 4.79 Å². The average molecular weight is 240 g/mol. The van der Waals surface area contributed by atoms with Crippen molar-refractivity contribution in [3.05, 3.63) is 0 Å². The second-order valence-corrected chi connectivity index (χ2v) is 5.32. The molecule has 100 valence electrons. The molecule has 2 atom stereocenters. The lowest BCUT2D eigenvalue weighted by molar-refractivity contribution is -0.122. The zero-order valence-corrected chi connectivity index (χ0v) is 11.4. The van der Waals surface area contributed by atoms with Gasteiger partial charge in [-0.1, -0.05) is 32.6 Å². The van der Waals surface area contributed by atoms with Crippen molar-refractivity contribution >= 4 is 5.91 Å². The Bertz CT molecular complexity index is 212. The molecule has 1 aliphatic heterocycles. The van der Waals surface area contributed by atoms with Gasteiger partial charge in [0, 0.05) is 18.5 Å². The molecule has 0 aromatic rings. The molecule has 2 N–H and O–H groups in total. The van der Waals surface area contributed by atoms with E-state index < -0.39 is 0 Å². The molecule has 2 unspecified atom stereocenters. The fraction of sp³-hybridized carbons (Fsp3) is 0.929. The Morgan fingerprint density at radius 3 is 2.88 bits per heavy atom. The minimum absolute atomic E-state index is 0.215. The minimum Gasteiger partial charge on any atom is -0.354 e. The van der Waals surface area contributed by atoms with E-state index in [0.717, 1.165) is 19.4 Å². The van der Waals surface area contributed by atoms with E-state index in [9.17, 15) is 4.79 Å². The summed E-state index contributed by atoms with van der Waals surface area (Å²) < 4.78 is 0. The molecule has 1 saturated heterocycles. The fourth-order valence-corrected chi connectivity index (χ4v) is 2.44. The number of amides is 1. The lowest BCUT2D eigenvalue weighted by Crippen LogP contribution is -2.36. The van der Waals surface area contributed by atoms with Crippen LogP contribution in [0.25, 0.3) is 0 Å². The van der Waals surface area contributed by atoms with Crippen molar-refractivity contribution in [2.45, 2.75) is 77.3 Å². The van der Waals surface area contributed by atoms with Crippen LogP contribution in [0.2, 0.25) is 0 Å². The summed E-state index contributed by atoms with van der Waals surface area (Å²) in [7, 11) is 0. The van der Waals surface area contributed by atoms with E-state index in [1.165, 1.54) is 32.1 Å². The number of hydrogen-bond acceptors (Lipinski definition) is 2. The molecule has 1 aliphatic rings. The normalized spacial score (nSPS) is 21.4. The smallest absolute Gasteiger partial charge is 0.221 e. The Balaban J connectivity index is 2.03. The summed E-state index contributed by atoms with van der Waals surface area (Å²) in [5.74, 6) is 0.215. The van der Waals surface area contributed by atoms with Crippen LogP contribution < -0.4 is 10.6 Å². The third-order valence-electron chi connectivity index (χ3n) is 3.49. The molecule has 0 spiro atoms. The predicted octanol–water partition coefficient (Wildman–Crippen LogP) is 2.60. The number of rotatable bonds is 8. The SMILES string of the molecule is CCCCCCC(C)NC(=O)CC1CCCN1. The third-order valence-corrected chi connectivity index (χ3v) is 3.49. The number of unbranched alkanes of at least 4 members (excludes halogenated alkanes) is 3. The lowest BCUT2D eigenvalue weighted by Gasteiger charge is -2.16. The van der Waals surface area contributed by atoms with Crippen LogP contribution in [-0.2, 0) is 4.79 Å². The molecule has 0 saturated carbocycles. The topological polar surface area (TPSA) is 41.1 Å². The predicted molar refractivity (Wildman–Crippen MR) is 72.0 cm³/mol. The van der Waals surface area contributed by atoms with Gasteiger partial charge in [0.25, 0.3) is 0 Å². The standard InChI is InChI=1S/C14H28N2O/c1-3-4-5-6-8-12(2)16-14(17)11-13-9-7-10-15-13/h12-13,15H,3-11H2,1-2H3,(H,16,17). The molecule has 1 fully saturated rings. The van der Waals surface area contributed by atoms with Crippen molar-refractivity contribution in [3.8, 4) is 0 Å². The Kier molecular flexibility index (Phi) is 7.25. The molecule has 3 heteroatoms. The first-order valence-electron chi connectivity index (χ1n) is 7.25. The lowest BCUT2D eigenvalue weighted by atomic mass is 10.1. The van der Waals surface area contributed by atoms with Crippen molar-refractivity contribution < 1.29 is 4.79 Å². The van der Waals surface area contributed by atoms with Gasteiger partial charge in [0.15, 0.2) is 0 Å². The van der Waals surface area contributed by atoms with Crippen molar-refractivity contribution in [3.63, 3.8) is 0 Å². The average Bonchev–Trinajstić information content (AvgIpc) is 2.77. The van der Waals surface area contributed by atoms with Crippen LogP contribution >= 0.6 is 0 Å². The Morgan fingerprint density at radius 2 is 2.24 bits per heavy atom. The highest BCUT2D eigenvalue weighted by Gasteiger charge is 2.18. The van der Waals surface area contributed by atoms with Gasteiger partial charge in [0.1, 0.15) is 0 Å². The molecule has 17 heavy (non-hydrogen) atoms. The van der Waals surface area contributed by atoms with E-state index in [0.29, 0.717) is 18.5 Å². The fourth-order valence-electron chi connectivity index (χ4n) is 2.44. The van der Waals surface area contributed by atoms with Crippen molar-refractivity contribution in [1.82, 2.24) is 10.6 Å². The van der Waals surface area contributed by atoms with Crippen LogP contribution in [0.1, 0.15) is 65.2 Å². The second kappa shape index (κ2) is 8.51. The van der Waals surface area contributed by atoms with E-state index in [1.54, 1.807) is 0 Å². The molecule has 1 heterocycles. The van der Waals surface area contributed by atoms with Crippen LogP contribution in [0.5, 0.6) is 0 Å². The number of hydrogen-bond donors (Lipinski definition) is 2. The van der Waals surface area contributed by atoms with Crippen LogP contribution in [0, 0.1) is 0 Å². The first-order valence-corrected chi connectivity index (χ1v) is 7.25. The van der Waals surface area contributed by atoms with E-state index in [4.69, 9.17) is 0 Å². The number of carbonyl (C=O) groups excluding carboxylic acids is 1. The van der Waals surface area contributed by atoms with Gasteiger partial charge in [-0.05, 0) is 32.7 Å². The van der Waals surface area contributed by atoms with Crippen LogP contribution in [0.4, 0.5) is 0 Å². The van der Waals surface area contributed by atoms with E-state index >= 15 is 0 Å². The van der Waals surface area contributed by atoms with Gasteiger partial charge in [-0.2, -0.15) is 0 Å². The van der Waals surface area contributed by atoms with Crippen molar-refractivity contribution in [1.29, 1.82) is 0 Å². The first kappa shape index (κ1) is 14.5. The van der Waals surface area contributed by atoms with Gasteiger partial charge in [-0.25, -0.2) is 0 Å². The van der Waals surface area contributed by atoms with Crippen LogP contribution in [0.3, 0.4) is 0 Å². The minimum atomic E-state index is 0.215. The quantitative estimate of drug-likeness (QED) is 0.640. The highest BCUT2D eigenvalue weighted by atomic mass is 16.1. The molecule has 0 radical (unpaired) electrons. The van der Waals surface area contributed by atoms with Gasteiger partial charge in [0.2, 0.25) is 5.91 Å². The molecular formula is C14H28N2O. The van der Waals surface area contributed by atoms with E-state index in [-0.39, 0.29) is 5.91 Å². The summed E-state index contributed by atoms with van der Waals surface area (Å²) in [6.07, 6.45) is 9.24. The van der Waals surface area contributed by atoms with Crippen LogP contribution in [-0.4, -0.2) is 24.5 Å². The highest BCUT2D eigenvalue weighted by Crippen LogP contribution is 2.09. The summed E-state index contributed by atoms with van der Waals surface area (Å²) in [5.41, 5.74) is 0. The zero-order valence-electron chi connectivity index (χ0n) is 11.4. The summed E-state index contributed by atoms with van der Waals surface area (Å²) in [6.45, 7) is 5.41. The largest absolute Gasteiger partial charge is 0.354 e. The summed E-state index contributed by atoms with van der Waals surface area (Å²) in [6, 6.07) is 0.753. The summed E-state index contributed by atoms with van der Waals surface area (Å²) in [4.78, 5) is 11.7. The van der Waals surface area contributed by atoms with E-state index in [2.05, 4.69) is 24.5 Å². The van der Waals surface area contributed by atoms with Crippen molar-refractivity contribution in [2.24, 2.45) is 0 Å². The summed E-state index contributed by atoms with van der Waals surface area (Å²) >= 11 is 0. The maximum atomic E-state index is 11.7. The zero-order chi connectivity index (χ0) is 12.5. The monoisotopic (exact) mass is 240 g/mol. The van der Waals surface area contributed by atoms with Gasteiger partial charge in [-0.15, -0.1) is 0 Å². The van der Waals surface area contributed by atoms with Crippen LogP contribution in [0.15, 0.2) is 0 Å². The molecule has 0 aromatic heterocycles. The highest BCUT2D eigenvalue weighted by molar-refractivity contribution is 5.76. The second-order valence-electron chi connectivity index (χ2n) is 5.32. The number of carbonyl (C=O) groups is 1. The Labute approximate surface area is 106 Å². The third kappa shape index (κ3) is 6.67. The molecule has 1 rings (SSSR count). The van der Waals surface area contributed by atoms with Gasteiger partial charge in [0.05, 0.1) is 0 Å². The molecule has 3 nitrogen and oxygen atoms in total. The molecular weight excluding hydrogens is 212 g/mol. The van der Waals surface area contributed by atoms with Gasteiger partial charge >= 0.3 is 0 Å². The molecule has 0 bridgehead atoms. The maximum Gasteiger partial charge on any atom is 0.221 e. The number of nitrogens with one attached hydrogen (secondary N) is 2. The van der Waals surface area contributed by atoms with E-state index in [1.807, 2.05) is 0 Å². The molecule has 0 aromatic carbocycles. The Morgan fingerprint density at radius 1 is 1.41 bits per heavy atom. The molecule has 1 amide bonds. The molecule has 0 aliphatic carbocycles. The Hall–Kier alpha value is -0.570.